The number of nitrogens with zero attached hydrogens (tertiary/aromatic N) is 3. The third kappa shape index (κ3) is 4.39. The monoisotopic (exact) mass is 292 g/mol. The third-order valence-corrected chi connectivity index (χ3v) is 3.75. The van der Waals surface area contributed by atoms with Crippen LogP contribution in [-0.2, 0) is 4.74 Å². The van der Waals surface area contributed by atoms with E-state index in [1.165, 1.54) is 25.6 Å². The molecule has 0 saturated carbocycles. The number of anilines is 1. The van der Waals surface area contributed by atoms with E-state index in [2.05, 4.69) is 27.2 Å². The number of esters is 1. The smallest absolute Gasteiger partial charge is 0.341 e. The van der Waals surface area contributed by atoms with Gasteiger partial charge in [0.15, 0.2) is 0 Å². The van der Waals surface area contributed by atoms with E-state index >= 15 is 0 Å². The van der Waals surface area contributed by atoms with Gasteiger partial charge in [-0.05, 0) is 46.2 Å². The molecule has 1 unspecified atom stereocenters. The number of rotatable bonds is 5. The van der Waals surface area contributed by atoms with E-state index in [1.54, 1.807) is 13.8 Å². The van der Waals surface area contributed by atoms with Crippen LogP contribution in [0.15, 0.2) is 6.20 Å². The lowest BCUT2D eigenvalue weighted by atomic mass is 9.99. The summed E-state index contributed by atoms with van der Waals surface area (Å²) in [5.41, 5.74) is 1.08. The zero-order valence-corrected chi connectivity index (χ0v) is 13.1. The quantitative estimate of drug-likeness (QED) is 0.833. The number of hydrogen-bond donors (Lipinski definition) is 1. The van der Waals surface area contributed by atoms with Crippen LogP contribution in [-0.4, -0.2) is 54.1 Å². The first kappa shape index (κ1) is 15.7. The van der Waals surface area contributed by atoms with Gasteiger partial charge in [-0.1, -0.05) is 0 Å². The van der Waals surface area contributed by atoms with Gasteiger partial charge < -0.3 is 15.0 Å². The Labute approximate surface area is 125 Å². The zero-order valence-electron chi connectivity index (χ0n) is 13.1. The van der Waals surface area contributed by atoms with Crippen LogP contribution in [0, 0.1) is 12.8 Å². The van der Waals surface area contributed by atoms with E-state index in [0.717, 1.165) is 13.1 Å². The lowest BCUT2D eigenvalue weighted by molar-refractivity contribution is 0.0524. The Bertz CT molecular complexity index is 493. The number of carbonyl (C=O) groups excluding carboxylic acids is 1. The summed E-state index contributed by atoms with van der Waals surface area (Å²) in [4.78, 5) is 22.6. The largest absolute Gasteiger partial charge is 0.462 e. The maximum atomic E-state index is 11.7. The molecule has 1 fully saturated rings. The summed E-state index contributed by atoms with van der Waals surface area (Å²) < 4.78 is 4.97. The predicted molar refractivity (Wildman–Crippen MR) is 81.4 cm³/mol. The number of piperidine rings is 1. The van der Waals surface area contributed by atoms with Crippen LogP contribution >= 0.6 is 0 Å². The van der Waals surface area contributed by atoms with E-state index in [1.807, 2.05) is 0 Å². The van der Waals surface area contributed by atoms with Gasteiger partial charge >= 0.3 is 5.97 Å². The van der Waals surface area contributed by atoms with Gasteiger partial charge in [0.25, 0.3) is 0 Å². The van der Waals surface area contributed by atoms with Crippen molar-refractivity contribution in [2.45, 2.75) is 26.7 Å². The van der Waals surface area contributed by atoms with Crippen LogP contribution in [0.25, 0.3) is 0 Å². The standard InChI is InChI=1S/C15H24N4O2/c1-4-21-14(20)13-9-17-15(18-11(13)2)16-8-12-6-5-7-19(3)10-12/h9,12H,4-8,10H2,1-3H3,(H,16,17,18). The fourth-order valence-corrected chi connectivity index (χ4v) is 2.64. The van der Waals surface area contributed by atoms with Crippen molar-refractivity contribution < 1.29 is 9.53 Å². The van der Waals surface area contributed by atoms with E-state index in [0.29, 0.717) is 29.7 Å². The number of carbonyl (C=O) groups is 1. The highest BCUT2D eigenvalue weighted by atomic mass is 16.5. The minimum Gasteiger partial charge on any atom is -0.462 e. The van der Waals surface area contributed by atoms with Gasteiger partial charge in [-0.25, -0.2) is 14.8 Å². The normalized spacial score (nSPS) is 19.3. The van der Waals surface area contributed by atoms with Gasteiger partial charge in [0.1, 0.15) is 0 Å². The molecule has 1 N–H and O–H groups in total. The number of aryl methyl sites for hydroxylation is 1. The first-order valence-corrected chi connectivity index (χ1v) is 7.53. The third-order valence-electron chi connectivity index (χ3n) is 3.75. The molecule has 6 nitrogen and oxygen atoms in total. The average molecular weight is 292 g/mol. The summed E-state index contributed by atoms with van der Waals surface area (Å²) in [6.45, 7) is 7.09. The van der Waals surface area contributed by atoms with E-state index in [4.69, 9.17) is 4.74 Å². The fourth-order valence-electron chi connectivity index (χ4n) is 2.64. The van der Waals surface area contributed by atoms with Crippen LogP contribution < -0.4 is 5.32 Å². The van der Waals surface area contributed by atoms with Crippen molar-refractivity contribution in [3.05, 3.63) is 17.5 Å². The molecular formula is C15H24N4O2. The summed E-state index contributed by atoms with van der Waals surface area (Å²) in [6, 6.07) is 0. The number of likely N-dealkylation sites (tertiary alicyclic amines) is 1. The van der Waals surface area contributed by atoms with Crippen molar-refractivity contribution in [2.75, 3.05) is 38.6 Å². The second-order valence-electron chi connectivity index (χ2n) is 5.56. The molecule has 0 bridgehead atoms. The molecule has 1 aromatic rings. The van der Waals surface area contributed by atoms with Crippen molar-refractivity contribution >= 4 is 11.9 Å². The van der Waals surface area contributed by atoms with Gasteiger partial charge in [0.2, 0.25) is 5.95 Å². The molecule has 1 aliphatic rings. The summed E-state index contributed by atoms with van der Waals surface area (Å²) in [5.74, 6) is 0.835. The minimum absolute atomic E-state index is 0.355. The first-order valence-electron chi connectivity index (χ1n) is 7.53. The van der Waals surface area contributed by atoms with E-state index < -0.39 is 0 Å². The molecule has 21 heavy (non-hydrogen) atoms. The average Bonchev–Trinajstić information content (AvgIpc) is 2.45. The van der Waals surface area contributed by atoms with E-state index in [-0.39, 0.29) is 5.97 Å². The molecule has 2 heterocycles. The highest BCUT2D eigenvalue weighted by Gasteiger charge is 2.18. The summed E-state index contributed by atoms with van der Waals surface area (Å²) >= 11 is 0. The lowest BCUT2D eigenvalue weighted by Gasteiger charge is -2.29. The predicted octanol–water partition coefficient (Wildman–Crippen LogP) is 1.72. The highest BCUT2D eigenvalue weighted by Crippen LogP contribution is 2.16. The molecule has 0 spiro atoms. The molecule has 2 rings (SSSR count). The first-order chi connectivity index (χ1) is 10.1. The van der Waals surface area contributed by atoms with Crippen molar-refractivity contribution in [1.29, 1.82) is 0 Å². The fraction of sp³-hybridized carbons (Fsp3) is 0.667. The highest BCUT2D eigenvalue weighted by molar-refractivity contribution is 5.90. The van der Waals surface area contributed by atoms with E-state index in [9.17, 15) is 4.79 Å². The summed E-state index contributed by atoms with van der Waals surface area (Å²) in [7, 11) is 2.15. The maximum Gasteiger partial charge on any atom is 0.341 e. The summed E-state index contributed by atoms with van der Waals surface area (Å²) in [6.07, 6.45) is 4.01. The Balaban J connectivity index is 1.92. The van der Waals surface area contributed by atoms with Crippen molar-refractivity contribution in [2.24, 2.45) is 5.92 Å². The van der Waals surface area contributed by atoms with Crippen molar-refractivity contribution in [3.8, 4) is 0 Å². The molecule has 1 aliphatic heterocycles. The van der Waals surface area contributed by atoms with Crippen LogP contribution in [0.5, 0.6) is 0 Å². The molecule has 0 aromatic carbocycles. The van der Waals surface area contributed by atoms with Crippen LogP contribution in [0.2, 0.25) is 0 Å². The topological polar surface area (TPSA) is 67.3 Å². The lowest BCUT2D eigenvalue weighted by Crippen LogP contribution is -2.35. The number of ether oxygens (including phenoxy) is 1. The number of hydrogen-bond acceptors (Lipinski definition) is 6. The molecule has 0 amide bonds. The van der Waals surface area contributed by atoms with Crippen LogP contribution in [0.4, 0.5) is 5.95 Å². The molecule has 0 aliphatic carbocycles. The van der Waals surface area contributed by atoms with Gasteiger partial charge in [0.05, 0.1) is 17.9 Å². The van der Waals surface area contributed by atoms with Crippen molar-refractivity contribution in [3.63, 3.8) is 0 Å². The number of nitrogens with one attached hydrogen (secondary N) is 1. The Morgan fingerprint density at radius 1 is 1.57 bits per heavy atom. The van der Waals surface area contributed by atoms with Crippen molar-refractivity contribution in [1.82, 2.24) is 14.9 Å². The number of aromatic nitrogens is 2. The summed E-state index contributed by atoms with van der Waals surface area (Å²) in [5, 5.41) is 3.27. The second kappa shape index (κ2) is 7.36. The molecule has 0 radical (unpaired) electrons. The van der Waals surface area contributed by atoms with Gasteiger partial charge in [-0.3, -0.25) is 0 Å². The molecule has 1 aromatic heterocycles. The molecule has 1 saturated heterocycles. The SMILES string of the molecule is CCOC(=O)c1cnc(NCC2CCCN(C)C2)nc1C. The Morgan fingerprint density at radius 3 is 3.05 bits per heavy atom. The molecule has 116 valence electrons. The zero-order chi connectivity index (χ0) is 15.2. The van der Waals surface area contributed by atoms with Gasteiger partial charge in [-0.15, -0.1) is 0 Å². The minimum atomic E-state index is -0.365. The van der Waals surface area contributed by atoms with Gasteiger partial charge in [0, 0.05) is 19.3 Å². The molecule has 1 atom stereocenters. The van der Waals surface area contributed by atoms with Crippen LogP contribution in [0.3, 0.4) is 0 Å². The Kier molecular flexibility index (Phi) is 5.50. The Hall–Kier alpha value is -1.69. The van der Waals surface area contributed by atoms with Gasteiger partial charge in [-0.2, -0.15) is 0 Å². The molecular weight excluding hydrogens is 268 g/mol. The second-order valence-corrected chi connectivity index (χ2v) is 5.56. The molecule has 6 heteroatoms. The Morgan fingerprint density at radius 2 is 2.38 bits per heavy atom. The maximum absolute atomic E-state index is 11.7. The van der Waals surface area contributed by atoms with Crippen LogP contribution in [0.1, 0.15) is 35.8 Å².